The second-order valence-corrected chi connectivity index (χ2v) is 10.9. The lowest BCUT2D eigenvalue weighted by atomic mass is 10.1. The molecule has 0 radical (unpaired) electrons. The molecule has 2 heterocycles. The van der Waals surface area contributed by atoms with E-state index in [1.165, 1.54) is 4.90 Å². The maximum Gasteiger partial charge on any atom is 0.322 e. The van der Waals surface area contributed by atoms with Gasteiger partial charge in [-0.2, -0.15) is 0 Å². The summed E-state index contributed by atoms with van der Waals surface area (Å²) in [7, 11) is 6.30. The Kier molecular flexibility index (Phi) is 11.3. The van der Waals surface area contributed by atoms with E-state index in [0.717, 1.165) is 23.3 Å². The number of thiophene rings is 1. The molecule has 0 bridgehead atoms. The lowest BCUT2D eigenvalue weighted by Gasteiger charge is -2.29. The summed E-state index contributed by atoms with van der Waals surface area (Å²) in [5, 5.41) is 4.91. The molecule has 0 saturated carbocycles. The van der Waals surface area contributed by atoms with Crippen LogP contribution in [0.5, 0.6) is 23.0 Å². The predicted octanol–water partition coefficient (Wildman–Crippen LogP) is 5.07. The molecule has 2 aromatic carbocycles. The van der Waals surface area contributed by atoms with Crippen molar-refractivity contribution in [1.29, 1.82) is 0 Å². The maximum absolute atomic E-state index is 13.8. The van der Waals surface area contributed by atoms with Crippen molar-refractivity contribution < 1.29 is 33.3 Å². The standard InChI is InChI=1S/C31H39N3O7S/c1-37-25-16-23(17-26(18-25)38-2)32-31(36)34(19-24-7-5-13-41-24)21-30(35)33(20-27-8-6-14-42-27)12-11-22-9-10-28(39-3)29(15-22)40-4/h6,8-10,14-18,24H,5,7,11-13,19-21H2,1-4H3,(H,32,36)/t24-/m0/s1. The van der Waals surface area contributed by atoms with Crippen molar-refractivity contribution in [2.24, 2.45) is 0 Å². The van der Waals surface area contributed by atoms with Gasteiger partial charge in [-0.1, -0.05) is 12.1 Å². The van der Waals surface area contributed by atoms with Crippen LogP contribution in [0.15, 0.2) is 53.9 Å². The average molecular weight is 598 g/mol. The molecule has 1 N–H and O–H groups in total. The number of ether oxygens (including phenoxy) is 5. The van der Waals surface area contributed by atoms with E-state index in [9.17, 15) is 9.59 Å². The third kappa shape index (κ3) is 8.53. The van der Waals surface area contributed by atoms with Gasteiger partial charge in [-0.3, -0.25) is 4.79 Å². The van der Waals surface area contributed by atoms with Gasteiger partial charge in [0.1, 0.15) is 18.0 Å². The zero-order chi connectivity index (χ0) is 29.9. The molecular formula is C31H39N3O7S. The molecule has 11 heteroatoms. The second kappa shape index (κ2) is 15.3. The van der Waals surface area contributed by atoms with Crippen LogP contribution in [0.4, 0.5) is 10.5 Å². The van der Waals surface area contributed by atoms with Crippen molar-refractivity contribution in [3.63, 3.8) is 0 Å². The first-order valence-electron chi connectivity index (χ1n) is 13.8. The Balaban J connectivity index is 1.51. The minimum Gasteiger partial charge on any atom is -0.497 e. The van der Waals surface area contributed by atoms with Crippen LogP contribution in [0.25, 0.3) is 0 Å². The number of nitrogens with zero attached hydrogens (tertiary/aromatic N) is 2. The average Bonchev–Trinajstić information content (AvgIpc) is 3.73. The Morgan fingerprint density at radius 3 is 2.33 bits per heavy atom. The van der Waals surface area contributed by atoms with Gasteiger partial charge in [-0.15, -0.1) is 11.3 Å². The molecule has 1 aliphatic heterocycles. The van der Waals surface area contributed by atoms with Crippen molar-refractivity contribution in [3.05, 3.63) is 64.4 Å². The first-order chi connectivity index (χ1) is 20.4. The number of methoxy groups -OCH3 is 4. The molecule has 0 spiro atoms. The Bertz CT molecular complexity index is 1290. The van der Waals surface area contributed by atoms with Crippen LogP contribution in [0.1, 0.15) is 23.3 Å². The summed E-state index contributed by atoms with van der Waals surface area (Å²) in [6, 6.07) is 14.5. The summed E-state index contributed by atoms with van der Waals surface area (Å²) < 4.78 is 27.3. The molecule has 42 heavy (non-hydrogen) atoms. The first kappa shape index (κ1) is 31.0. The number of nitrogens with one attached hydrogen (secondary N) is 1. The third-order valence-electron chi connectivity index (χ3n) is 7.06. The van der Waals surface area contributed by atoms with E-state index in [0.29, 0.717) is 61.3 Å². The molecule has 1 saturated heterocycles. The zero-order valence-corrected chi connectivity index (χ0v) is 25.4. The van der Waals surface area contributed by atoms with Gasteiger partial charge in [0.25, 0.3) is 0 Å². The summed E-state index contributed by atoms with van der Waals surface area (Å²) in [5.41, 5.74) is 1.52. The van der Waals surface area contributed by atoms with E-state index in [2.05, 4.69) is 5.32 Å². The van der Waals surface area contributed by atoms with Crippen LogP contribution < -0.4 is 24.3 Å². The molecule has 1 aromatic heterocycles. The van der Waals surface area contributed by atoms with Crippen LogP contribution in [-0.4, -0.2) is 82.5 Å². The number of rotatable bonds is 14. The van der Waals surface area contributed by atoms with Crippen molar-refractivity contribution in [2.45, 2.75) is 31.9 Å². The van der Waals surface area contributed by atoms with Gasteiger partial charge in [-0.05, 0) is 48.4 Å². The largest absolute Gasteiger partial charge is 0.497 e. The summed E-state index contributed by atoms with van der Waals surface area (Å²) in [6.07, 6.45) is 2.25. The number of anilines is 1. The minimum atomic E-state index is -0.398. The Morgan fingerprint density at radius 1 is 0.952 bits per heavy atom. The lowest BCUT2D eigenvalue weighted by Crippen LogP contribution is -2.47. The van der Waals surface area contributed by atoms with E-state index in [4.69, 9.17) is 23.7 Å². The normalized spacial score (nSPS) is 14.2. The number of hydrogen-bond acceptors (Lipinski definition) is 8. The number of carbonyl (C=O) groups is 2. The zero-order valence-electron chi connectivity index (χ0n) is 24.6. The molecule has 226 valence electrons. The smallest absolute Gasteiger partial charge is 0.322 e. The number of carbonyl (C=O) groups excluding carboxylic acids is 2. The first-order valence-corrected chi connectivity index (χ1v) is 14.7. The minimum absolute atomic E-state index is 0.0931. The van der Waals surface area contributed by atoms with Gasteiger partial charge in [0.05, 0.1) is 41.1 Å². The molecule has 10 nitrogen and oxygen atoms in total. The molecule has 1 aliphatic rings. The summed E-state index contributed by atoms with van der Waals surface area (Å²) >= 11 is 1.59. The molecule has 4 rings (SSSR count). The fraction of sp³-hybridized carbons (Fsp3) is 0.419. The highest BCUT2D eigenvalue weighted by Gasteiger charge is 2.27. The van der Waals surface area contributed by atoms with E-state index in [-0.39, 0.29) is 18.6 Å². The van der Waals surface area contributed by atoms with Gasteiger partial charge < -0.3 is 38.8 Å². The van der Waals surface area contributed by atoms with E-state index < -0.39 is 6.03 Å². The van der Waals surface area contributed by atoms with E-state index >= 15 is 0 Å². The summed E-state index contributed by atoms with van der Waals surface area (Å²) in [5.74, 6) is 2.23. The number of amides is 3. The highest BCUT2D eigenvalue weighted by atomic mass is 32.1. The topological polar surface area (TPSA) is 98.8 Å². The second-order valence-electron chi connectivity index (χ2n) is 9.88. The lowest BCUT2D eigenvalue weighted by molar-refractivity contribution is -0.132. The Labute approximate surface area is 251 Å². The quantitative estimate of drug-likeness (QED) is 0.277. The van der Waals surface area contributed by atoms with E-state index in [1.54, 1.807) is 62.9 Å². The van der Waals surface area contributed by atoms with Crippen LogP contribution in [0.2, 0.25) is 0 Å². The van der Waals surface area contributed by atoms with Gasteiger partial charge in [0, 0.05) is 48.5 Å². The molecule has 3 amide bonds. The van der Waals surface area contributed by atoms with Gasteiger partial charge in [0.2, 0.25) is 5.91 Å². The highest BCUT2D eigenvalue weighted by Crippen LogP contribution is 2.28. The van der Waals surface area contributed by atoms with Gasteiger partial charge >= 0.3 is 6.03 Å². The van der Waals surface area contributed by atoms with Crippen LogP contribution in [0.3, 0.4) is 0 Å². The van der Waals surface area contributed by atoms with Crippen LogP contribution in [-0.2, 0) is 22.5 Å². The van der Waals surface area contributed by atoms with Crippen molar-refractivity contribution in [2.75, 3.05) is 60.0 Å². The monoisotopic (exact) mass is 597 g/mol. The third-order valence-corrected chi connectivity index (χ3v) is 7.92. The van der Waals surface area contributed by atoms with Crippen molar-refractivity contribution >= 4 is 29.0 Å². The molecule has 3 aromatic rings. The maximum atomic E-state index is 13.8. The highest BCUT2D eigenvalue weighted by molar-refractivity contribution is 7.09. The fourth-order valence-electron chi connectivity index (χ4n) is 4.78. The number of benzene rings is 2. The molecule has 1 fully saturated rings. The predicted molar refractivity (Wildman–Crippen MR) is 162 cm³/mol. The van der Waals surface area contributed by atoms with Crippen LogP contribution in [0, 0.1) is 0 Å². The Hall–Kier alpha value is -3.96. The van der Waals surface area contributed by atoms with Gasteiger partial charge in [-0.25, -0.2) is 4.79 Å². The molecule has 0 aliphatic carbocycles. The number of urea groups is 1. The molecule has 1 atom stereocenters. The SMILES string of the molecule is COc1cc(NC(=O)N(CC(=O)N(CCc2ccc(OC)c(OC)c2)Cc2cccs2)C[C@@H]2CCCO2)cc(OC)c1. The molecule has 0 unspecified atom stereocenters. The van der Waals surface area contributed by atoms with Crippen molar-refractivity contribution in [3.8, 4) is 23.0 Å². The molecular weight excluding hydrogens is 558 g/mol. The van der Waals surface area contributed by atoms with Crippen molar-refractivity contribution in [1.82, 2.24) is 9.80 Å². The summed E-state index contributed by atoms with van der Waals surface area (Å²) in [6.45, 7) is 1.78. The van der Waals surface area contributed by atoms with Gasteiger partial charge in [0.15, 0.2) is 11.5 Å². The summed E-state index contributed by atoms with van der Waals surface area (Å²) in [4.78, 5) is 31.8. The fourth-order valence-corrected chi connectivity index (χ4v) is 5.50. The number of hydrogen-bond donors (Lipinski definition) is 1. The van der Waals surface area contributed by atoms with Crippen LogP contribution >= 0.6 is 11.3 Å². The van der Waals surface area contributed by atoms with E-state index in [1.807, 2.05) is 35.7 Å². The Morgan fingerprint density at radius 2 is 1.71 bits per heavy atom.